The van der Waals surface area contributed by atoms with Crippen LogP contribution in [0.2, 0.25) is 0 Å². The Morgan fingerprint density at radius 3 is 0.942 bits per heavy atom. The summed E-state index contributed by atoms with van der Waals surface area (Å²) in [5.41, 5.74) is 0. The number of carbonyl (C=O) groups is 3. The summed E-state index contributed by atoms with van der Waals surface area (Å²) in [6.07, 6.45) is 39.5. The average Bonchev–Trinajstić information content (AvgIpc) is 3.12. The molecule has 0 heterocycles. The van der Waals surface area contributed by atoms with E-state index in [4.69, 9.17) is 14.2 Å². The first-order valence-corrected chi connectivity index (χ1v) is 22.9. The average molecular weight is 737 g/mol. The summed E-state index contributed by atoms with van der Waals surface area (Å²) in [6, 6.07) is 0. The van der Waals surface area contributed by atoms with Crippen molar-refractivity contribution in [3.8, 4) is 0 Å². The molecule has 52 heavy (non-hydrogen) atoms. The van der Waals surface area contributed by atoms with Crippen LogP contribution in [0.3, 0.4) is 0 Å². The molecule has 1 atom stereocenters. The van der Waals surface area contributed by atoms with Gasteiger partial charge in [-0.05, 0) is 25.2 Å². The highest BCUT2D eigenvalue weighted by molar-refractivity contribution is 5.71. The standard InChI is InChI=1S/C46H88O6/c1-5-7-9-11-13-14-15-19-22-26-30-34-38-45(48)51-41-43(40-50-44(47)37-33-29-24-12-10-8-6-2)52-46(49)39-35-31-27-23-20-17-16-18-21-25-28-32-36-42(3)4/h42-43H,5-41H2,1-4H3/t43-/m0/s1. The van der Waals surface area contributed by atoms with Crippen molar-refractivity contribution >= 4 is 17.9 Å². The Morgan fingerprint density at radius 2 is 0.635 bits per heavy atom. The lowest BCUT2D eigenvalue weighted by molar-refractivity contribution is -0.167. The van der Waals surface area contributed by atoms with Crippen LogP contribution in [-0.2, 0) is 28.6 Å². The summed E-state index contributed by atoms with van der Waals surface area (Å²) in [6.45, 7) is 8.96. The molecule has 0 N–H and O–H groups in total. The third kappa shape index (κ3) is 39.6. The van der Waals surface area contributed by atoms with E-state index in [1.54, 1.807) is 0 Å². The first-order valence-electron chi connectivity index (χ1n) is 22.9. The van der Waals surface area contributed by atoms with Crippen LogP contribution in [-0.4, -0.2) is 37.2 Å². The van der Waals surface area contributed by atoms with Crippen molar-refractivity contribution in [3.05, 3.63) is 0 Å². The maximum atomic E-state index is 12.7. The normalized spacial score (nSPS) is 11.9. The monoisotopic (exact) mass is 737 g/mol. The van der Waals surface area contributed by atoms with Crippen molar-refractivity contribution in [2.45, 2.75) is 259 Å². The first kappa shape index (κ1) is 50.4. The fourth-order valence-corrected chi connectivity index (χ4v) is 6.80. The number of ether oxygens (including phenoxy) is 3. The summed E-state index contributed by atoms with van der Waals surface area (Å²) >= 11 is 0. The molecule has 0 aromatic rings. The van der Waals surface area contributed by atoms with E-state index in [1.807, 2.05) is 0 Å². The molecule has 0 aliphatic heterocycles. The number of carbonyl (C=O) groups excluding carboxylic acids is 3. The lowest BCUT2D eigenvalue weighted by Gasteiger charge is -2.18. The molecule has 6 nitrogen and oxygen atoms in total. The van der Waals surface area contributed by atoms with E-state index in [2.05, 4.69) is 27.7 Å². The van der Waals surface area contributed by atoms with Gasteiger partial charge >= 0.3 is 17.9 Å². The molecule has 0 fully saturated rings. The second-order valence-corrected chi connectivity index (χ2v) is 16.2. The molecule has 0 rings (SSSR count). The molecule has 6 heteroatoms. The van der Waals surface area contributed by atoms with E-state index in [0.717, 1.165) is 63.7 Å². The maximum absolute atomic E-state index is 12.7. The van der Waals surface area contributed by atoms with E-state index < -0.39 is 6.10 Å². The van der Waals surface area contributed by atoms with Gasteiger partial charge in [0.2, 0.25) is 0 Å². The Balaban J connectivity index is 4.26. The largest absolute Gasteiger partial charge is 0.462 e. The van der Waals surface area contributed by atoms with Crippen LogP contribution in [0, 0.1) is 5.92 Å². The first-order chi connectivity index (χ1) is 25.4. The van der Waals surface area contributed by atoms with E-state index in [9.17, 15) is 14.4 Å². The molecule has 0 radical (unpaired) electrons. The van der Waals surface area contributed by atoms with Gasteiger partial charge in [-0.2, -0.15) is 0 Å². The predicted molar refractivity (Wildman–Crippen MR) is 220 cm³/mol. The highest BCUT2D eigenvalue weighted by Gasteiger charge is 2.19. The number of esters is 3. The van der Waals surface area contributed by atoms with E-state index in [-0.39, 0.29) is 31.1 Å². The van der Waals surface area contributed by atoms with Crippen LogP contribution in [0.25, 0.3) is 0 Å². The molecule has 0 saturated heterocycles. The Labute approximate surface area is 323 Å². The maximum Gasteiger partial charge on any atom is 0.306 e. The van der Waals surface area contributed by atoms with E-state index in [0.29, 0.717) is 19.3 Å². The molecule has 0 spiro atoms. The molecule has 0 aliphatic carbocycles. The van der Waals surface area contributed by atoms with Crippen molar-refractivity contribution in [1.82, 2.24) is 0 Å². The number of rotatable bonds is 41. The van der Waals surface area contributed by atoms with Crippen LogP contribution in [0.5, 0.6) is 0 Å². The summed E-state index contributed by atoms with van der Waals surface area (Å²) in [5, 5.41) is 0. The summed E-state index contributed by atoms with van der Waals surface area (Å²) in [4.78, 5) is 37.6. The van der Waals surface area contributed by atoms with E-state index in [1.165, 1.54) is 148 Å². The zero-order valence-electron chi connectivity index (χ0n) is 35.3. The lowest BCUT2D eigenvalue weighted by Crippen LogP contribution is -2.30. The van der Waals surface area contributed by atoms with Gasteiger partial charge in [0.1, 0.15) is 13.2 Å². The second-order valence-electron chi connectivity index (χ2n) is 16.2. The third-order valence-corrected chi connectivity index (χ3v) is 10.3. The van der Waals surface area contributed by atoms with Gasteiger partial charge in [0.05, 0.1) is 0 Å². The highest BCUT2D eigenvalue weighted by atomic mass is 16.6. The Bertz CT molecular complexity index is 781. The minimum absolute atomic E-state index is 0.0640. The molecule has 0 aromatic carbocycles. The van der Waals surface area contributed by atoms with Gasteiger partial charge in [-0.25, -0.2) is 0 Å². The topological polar surface area (TPSA) is 78.9 Å². The zero-order chi connectivity index (χ0) is 38.2. The lowest BCUT2D eigenvalue weighted by atomic mass is 10.0. The minimum Gasteiger partial charge on any atom is -0.462 e. The third-order valence-electron chi connectivity index (χ3n) is 10.3. The van der Waals surface area contributed by atoms with Crippen molar-refractivity contribution < 1.29 is 28.6 Å². The predicted octanol–water partition coefficient (Wildman–Crippen LogP) is 14.3. The molecule has 0 bridgehead atoms. The van der Waals surface area contributed by atoms with Crippen LogP contribution in [0.15, 0.2) is 0 Å². The fraction of sp³-hybridized carbons (Fsp3) is 0.935. The SMILES string of the molecule is CCCCCCCCCCCCCCC(=O)OC[C@H](COC(=O)CCCCCCCCC)OC(=O)CCCCCCCCCCCCCCC(C)C. The van der Waals surface area contributed by atoms with Crippen molar-refractivity contribution in [1.29, 1.82) is 0 Å². The van der Waals surface area contributed by atoms with Gasteiger partial charge in [-0.15, -0.1) is 0 Å². The Kier molecular flexibility index (Phi) is 39.4. The molecule has 0 aromatic heterocycles. The van der Waals surface area contributed by atoms with Crippen LogP contribution >= 0.6 is 0 Å². The number of hydrogen-bond donors (Lipinski definition) is 0. The fourth-order valence-electron chi connectivity index (χ4n) is 6.80. The van der Waals surface area contributed by atoms with E-state index >= 15 is 0 Å². The van der Waals surface area contributed by atoms with Gasteiger partial charge < -0.3 is 14.2 Å². The molecule has 0 unspecified atom stereocenters. The molecule has 0 saturated carbocycles. The van der Waals surface area contributed by atoms with Crippen LogP contribution < -0.4 is 0 Å². The Hall–Kier alpha value is -1.59. The van der Waals surface area contributed by atoms with Gasteiger partial charge in [-0.1, -0.05) is 214 Å². The zero-order valence-corrected chi connectivity index (χ0v) is 35.3. The molecule has 308 valence electrons. The highest BCUT2D eigenvalue weighted by Crippen LogP contribution is 2.16. The number of unbranched alkanes of at least 4 members (excludes halogenated alkanes) is 28. The van der Waals surface area contributed by atoms with Gasteiger partial charge in [0.25, 0.3) is 0 Å². The number of hydrogen-bond acceptors (Lipinski definition) is 6. The minimum atomic E-state index is -0.758. The van der Waals surface area contributed by atoms with Crippen molar-refractivity contribution in [2.75, 3.05) is 13.2 Å². The molecule has 0 amide bonds. The van der Waals surface area contributed by atoms with Crippen LogP contribution in [0.1, 0.15) is 252 Å². The van der Waals surface area contributed by atoms with Crippen molar-refractivity contribution in [2.24, 2.45) is 5.92 Å². The summed E-state index contributed by atoms with van der Waals surface area (Å²) < 4.78 is 16.7. The van der Waals surface area contributed by atoms with Gasteiger partial charge in [0.15, 0.2) is 6.10 Å². The van der Waals surface area contributed by atoms with Gasteiger partial charge in [-0.3, -0.25) is 14.4 Å². The molecule has 0 aliphatic rings. The molecular formula is C46H88O6. The summed E-state index contributed by atoms with van der Waals surface area (Å²) in [5.74, 6) is -0.0276. The smallest absolute Gasteiger partial charge is 0.306 e. The molecular weight excluding hydrogens is 648 g/mol. The second kappa shape index (κ2) is 40.6. The van der Waals surface area contributed by atoms with Crippen molar-refractivity contribution in [3.63, 3.8) is 0 Å². The van der Waals surface area contributed by atoms with Crippen LogP contribution in [0.4, 0.5) is 0 Å². The summed E-state index contributed by atoms with van der Waals surface area (Å²) in [7, 11) is 0. The Morgan fingerprint density at radius 1 is 0.365 bits per heavy atom. The quantitative estimate of drug-likeness (QED) is 0.0353. The van der Waals surface area contributed by atoms with Gasteiger partial charge in [0, 0.05) is 19.3 Å².